The van der Waals surface area contributed by atoms with E-state index < -0.39 is 10.0 Å². The number of sulfonamides is 1. The Balaban J connectivity index is 2.46. The second kappa shape index (κ2) is 6.36. The molecule has 0 aliphatic rings. The van der Waals surface area contributed by atoms with Crippen LogP contribution < -0.4 is 4.72 Å². The van der Waals surface area contributed by atoms with E-state index in [1.54, 1.807) is 37.3 Å². The highest BCUT2D eigenvalue weighted by Crippen LogP contribution is 2.32. The quantitative estimate of drug-likeness (QED) is 0.836. The van der Waals surface area contributed by atoms with Crippen LogP contribution in [0.1, 0.15) is 11.1 Å². The molecule has 0 atom stereocenters. The highest BCUT2D eigenvalue weighted by atomic mass is 79.9. The molecule has 0 unspecified atom stereocenters. The van der Waals surface area contributed by atoms with Crippen molar-refractivity contribution in [2.45, 2.75) is 18.4 Å². The molecule has 112 valence electrons. The van der Waals surface area contributed by atoms with Crippen molar-refractivity contribution < 1.29 is 13.5 Å². The summed E-state index contributed by atoms with van der Waals surface area (Å²) in [6.07, 6.45) is 0. The van der Waals surface area contributed by atoms with Crippen LogP contribution in [0.25, 0.3) is 0 Å². The molecule has 0 bridgehead atoms. The van der Waals surface area contributed by atoms with Crippen molar-refractivity contribution >= 4 is 43.2 Å². The topological polar surface area (TPSA) is 66.4 Å². The van der Waals surface area contributed by atoms with Crippen LogP contribution in [0.3, 0.4) is 0 Å². The highest BCUT2D eigenvalue weighted by Gasteiger charge is 2.19. The largest absolute Gasteiger partial charge is 0.392 e. The second-order valence-corrected chi connectivity index (χ2v) is 7.32. The molecule has 2 N–H and O–H groups in total. The van der Waals surface area contributed by atoms with Crippen LogP contribution >= 0.6 is 27.5 Å². The summed E-state index contributed by atoms with van der Waals surface area (Å²) in [4.78, 5) is 0.126. The predicted octanol–water partition coefficient (Wildman–Crippen LogP) is 3.70. The number of hydrogen-bond acceptors (Lipinski definition) is 3. The van der Waals surface area contributed by atoms with Gasteiger partial charge in [0.15, 0.2) is 0 Å². The van der Waals surface area contributed by atoms with E-state index in [2.05, 4.69) is 20.7 Å². The van der Waals surface area contributed by atoms with Gasteiger partial charge in [0.05, 0.1) is 26.7 Å². The third-order valence-electron chi connectivity index (χ3n) is 2.92. The molecule has 0 fully saturated rings. The van der Waals surface area contributed by atoms with Crippen molar-refractivity contribution in [3.05, 3.63) is 57.0 Å². The van der Waals surface area contributed by atoms with E-state index in [9.17, 15) is 8.42 Å². The summed E-state index contributed by atoms with van der Waals surface area (Å²) in [7, 11) is -3.77. The number of anilines is 1. The zero-order valence-electron chi connectivity index (χ0n) is 11.1. The van der Waals surface area contributed by atoms with E-state index in [0.29, 0.717) is 26.3 Å². The lowest BCUT2D eigenvalue weighted by atomic mass is 10.2. The van der Waals surface area contributed by atoms with Crippen molar-refractivity contribution in [3.63, 3.8) is 0 Å². The number of benzene rings is 2. The normalized spacial score (nSPS) is 11.4. The van der Waals surface area contributed by atoms with Crippen molar-refractivity contribution in [3.8, 4) is 0 Å². The molecule has 4 nitrogen and oxygen atoms in total. The van der Waals surface area contributed by atoms with E-state index in [1.165, 1.54) is 6.07 Å². The maximum atomic E-state index is 12.5. The molecule has 2 aromatic rings. The Bertz CT molecular complexity index is 778. The van der Waals surface area contributed by atoms with Gasteiger partial charge >= 0.3 is 0 Å². The van der Waals surface area contributed by atoms with E-state index in [1.807, 2.05) is 0 Å². The zero-order valence-corrected chi connectivity index (χ0v) is 14.3. The monoisotopic (exact) mass is 389 g/mol. The van der Waals surface area contributed by atoms with Crippen LogP contribution in [-0.2, 0) is 16.6 Å². The maximum absolute atomic E-state index is 12.5. The van der Waals surface area contributed by atoms with E-state index >= 15 is 0 Å². The van der Waals surface area contributed by atoms with Gasteiger partial charge in [-0.1, -0.05) is 29.8 Å². The van der Waals surface area contributed by atoms with Crippen LogP contribution in [0.2, 0.25) is 5.02 Å². The van der Waals surface area contributed by atoms with Crippen LogP contribution in [0.15, 0.2) is 45.8 Å². The SMILES string of the molecule is Cc1ccc(CO)cc1S(=O)(=O)Nc1cccc(Cl)c1Br. The third-order valence-corrected chi connectivity index (χ3v) is 5.83. The summed E-state index contributed by atoms with van der Waals surface area (Å²) in [5, 5.41) is 9.56. The molecule has 0 aliphatic carbocycles. The van der Waals surface area contributed by atoms with Gasteiger partial charge in [-0.3, -0.25) is 4.72 Å². The van der Waals surface area contributed by atoms with Crippen LogP contribution in [0, 0.1) is 6.92 Å². The Hall–Kier alpha value is -1.08. The number of nitrogens with one attached hydrogen (secondary N) is 1. The number of hydrogen-bond donors (Lipinski definition) is 2. The zero-order chi connectivity index (χ0) is 15.6. The minimum Gasteiger partial charge on any atom is -0.392 e. The first-order chi connectivity index (χ1) is 9.85. The van der Waals surface area contributed by atoms with Gasteiger partial charge in [0, 0.05) is 0 Å². The van der Waals surface area contributed by atoms with Gasteiger partial charge < -0.3 is 5.11 Å². The summed E-state index contributed by atoms with van der Waals surface area (Å²) >= 11 is 9.21. The number of rotatable bonds is 4. The molecule has 0 amide bonds. The average molecular weight is 391 g/mol. The molecule has 0 aromatic heterocycles. The molecular formula is C14H13BrClNO3S. The first-order valence-electron chi connectivity index (χ1n) is 6.02. The Morgan fingerprint density at radius 1 is 1.29 bits per heavy atom. The van der Waals surface area contributed by atoms with Gasteiger partial charge in [-0.2, -0.15) is 0 Å². The van der Waals surface area contributed by atoms with Gasteiger partial charge in [-0.25, -0.2) is 8.42 Å². The van der Waals surface area contributed by atoms with Crippen molar-refractivity contribution in [2.75, 3.05) is 4.72 Å². The van der Waals surface area contributed by atoms with Crippen LogP contribution in [0.4, 0.5) is 5.69 Å². The fraction of sp³-hybridized carbons (Fsp3) is 0.143. The Morgan fingerprint density at radius 3 is 2.67 bits per heavy atom. The smallest absolute Gasteiger partial charge is 0.262 e. The lowest BCUT2D eigenvalue weighted by Crippen LogP contribution is -2.15. The summed E-state index contributed by atoms with van der Waals surface area (Å²) in [5.74, 6) is 0. The first kappa shape index (κ1) is 16.3. The number of halogens is 2. The fourth-order valence-electron chi connectivity index (χ4n) is 1.81. The van der Waals surface area contributed by atoms with Crippen molar-refractivity contribution in [1.82, 2.24) is 0 Å². The van der Waals surface area contributed by atoms with Crippen molar-refractivity contribution in [2.24, 2.45) is 0 Å². The molecule has 0 radical (unpaired) electrons. The van der Waals surface area contributed by atoms with Gasteiger partial charge in [0.1, 0.15) is 0 Å². The molecule has 2 aromatic carbocycles. The third kappa shape index (κ3) is 3.58. The number of aliphatic hydroxyl groups is 1. The molecule has 21 heavy (non-hydrogen) atoms. The highest BCUT2D eigenvalue weighted by molar-refractivity contribution is 9.10. The van der Waals surface area contributed by atoms with Gasteiger partial charge in [0.2, 0.25) is 0 Å². The molecule has 0 aliphatic heterocycles. The van der Waals surface area contributed by atoms with Crippen LogP contribution in [0.5, 0.6) is 0 Å². The average Bonchev–Trinajstić information content (AvgIpc) is 2.44. The molecule has 7 heteroatoms. The van der Waals surface area contributed by atoms with Gasteiger partial charge in [-0.05, 0) is 52.2 Å². The summed E-state index contributed by atoms with van der Waals surface area (Å²) in [6, 6.07) is 9.72. The fourth-order valence-corrected chi connectivity index (χ4v) is 3.85. The number of aliphatic hydroxyl groups excluding tert-OH is 1. The lowest BCUT2D eigenvalue weighted by Gasteiger charge is -2.13. The first-order valence-corrected chi connectivity index (χ1v) is 8.68. The molecule has 0 saturated heterocycles. The lowest BCUT2D eigenvalue weighted by molar-refractivity contribution is 0.281. The Labute approximate surface area is 136 Å². The van der Waals surface area contributed by atoms with E-state index in [0.717, 1.165) is 0 Å². The minimum atomic E-state index is -3.77. The molecule has 0 heterocycles. The minimum absolute atomic E-state index is 0.126. The number of aryl methyl sites for hydroxylation is 1. The van der Waals surface area contributed by atoms with E-state index in [-0.39, 0.29) is 11.5 Å². The standard InChI is InChI=1S/C14H13BrClNO3S/c1-9-5-6-10(8-18)7-13(9)21(19,20)17-12-4-2-3-11(16)14(12)15/h2-7,17-18H,8H2,1H3. The van der Waals surface area contributed by atoms with Gasteiger partial charge in [-0.15, -0.1) is 0 Å². The maximum Gasteiger partial charge on any atom is 0.262 e. The van der Waals surface area contributed by atoms with Gasteiger partial charge in [0.25, 0.3) is 10.0 Å². The molecule has 0 saturated carbocycles. The summed E-state index contributed by atoms with van der Waals surface area (Å²) < 4.78 is 28.0. The second-order valence-electron chi connectivity index (χ2n) is 4.46. The Morgan fingerprint density at radius 2 is 2.00 bits per heavy atom. The molecule has 0 spiro atoms. The Kier molecular flexibility index (Phi) is 4.93. The molecular weight excluding hydrogens is 378 g/mol. The summed E-state index contributed by atoms with van der Waals surface area (Å²) in [5.41, 5.74) is 1.49. The van der Waals surface area contributed by atoms with E-state index in [4.69, 9.17) is 16.7 Å². The van der Waals surface area contributed by atoms with Crippen molar-refractivity contribution in [1.29, 1.82) is 0 Å². The summed E-state index contributed by atoms with van der Waals surface area (Å²) in [6.45, 7) is 1.48. The van der Waals surface area contributed by atoms with Crippen LogP contribution in [-0.4, -0.2) is 13.5 Å². The molecule has 2 rings (SSSR count). The predicted molar refractivity (Wildman–Crippen MR) is 87.1 cm³/mol.